The maximum absolute atomic E-state index is 11.8. The molecule has 6 heteroatoms. The molecule has 21 heavy (non-hydrogen) atoms. The number of carbonyl (C=O) groups excluding carboxylic acids is 1. The van der Waals surface area contributed by atoms with E-state index in [9.17, 15) is 4.79 Å². The van der Waals surface area contributed by atoms with Gasteiger partial charge in [0, 0.05) is 31.2 Å². The van der Waals surface area contributed by atoms with Crippen LogP contribution in [-0.2, 0) is 11.3 Å². The first-order valence-corrected chi connectivity index (χ1v) is 7.62. The van der Waals surface area contributed by atoms with Gasteiger partial charge in [0.1, 0.15) is 5.76 Å². The summed E-state index contributed by atoms with van der Waals surface area (Å²) in [4.78, 5) is 14.3. The summed E-state index contributed by atoms with van der Waals surface area (Å²) in [6, 6.07) is 2.30. The first kappa shape index (κ1) is 14.4. The molecule has 0 radical (unpaired) electrons. The minimum Gasteiger partial charge on any atom is -0.469 e. The Kier molecular flexibility index (Phi) is 4.45. The Morgan fingerprint density at radius 3 is 3.19 bits per heavy atom. The molecule has 0 bridgehead atoms. The molecule has 2 aliphatic rings. The number of rotatable bonds is 4. The third kappa shape index (κ3) is 3.57. The fourth-order valence-corrected chi connectivity index (χ4v) is 3.05. The monoisotopic (exact) mass is 293 g/mol. The number of carbonyl (C=O) groups is 1. The molecule has 3 heterocycles. The van der Waals surface area contributed by atoms with E-state index in [4.69, 9.17) is 9.15 Å². The van der Waals surface area contributed by atoms with Crippen molar-refractivity contribution in [1.29, 1.82) is 0 Å². The average molecular weight is 293 g/mol. The largest absolute Gasteiger partial charge is 0.469 e. The summed E-state index contributed by atoms with van der Waals surface area (Å²) in [5.74, 6) is 0.839. The van der Waals surface area contributed by atoms with Crippen LogP contribution in [0.25, 0.3) is 0 Å². The second kappa shape index (κ2) is 6.49. The smallest absolute Gasteiger partial charge is 0.315 e. The van der Waals surface area contributed by atoms with E-state index in [1.54, 1.807) is 6.26 Å². The highest BCUT2D eigenvalue weighted by Crippen LogP contribution is 2.22. The molecule has 2 fully saturated rings. The molecular weight excluding hydrogens is 270 g/mol. The SMILES string of the molecule is Cc1occc1CNC(=O)NC[C@H]1CN2CCC[C@H]2CO1. The Hall–Kier alpha value is -1.53. The Labute approximate surface area is 124 Å². The molecule has 3 rings (SSSR count). The summed E-state index contributed by atoms with van der Waals surface area (Å²) < 4.78 is 11.0. The van der Waals surface area contributed by atoms with Crippen molar-refractivity contribution in [1.82, 2.24) is 15.5 Å². The molecule has 0 spiro atoms. The number of fused-ring (bicyclic) bond motifs is 1. The zero-order valence-electron chi connectivity index (χ0n) is 12.4. The first-order valence-electron chi connectivity index (χ1n) is 7.62. The Bertz CT molecular complexity index is 488. The third-order valence-corrected chi connectivity index (χ3v) is 4.36. The van der Waals surface area contributed by atoms with E-state index in [0.29, 0.717) is 19.1 Å². The van der Waals surface area contributed by atoms with E-state index in [2.05, 4.69) is 15.5 Å². The van der Waals surface area contributed by atoms with E-state index < -0.39 is 0 Å². The first-order chi connectivity index (χ1) is 10.2. The maximum atomic E-state index is 11.8. The van der Waals surface area contributed by atoms with Gasteiger partial charge in [-0.05, 0) is 32.4 Å². The molecule has 2 saturated heterocycles. The van der Waals surface area contributed by atoms with Crippen LogP contribution < -0.4 is 10.6 Å². The van der Waals surface area contributed by atoms with Gasteiger partial charge in [-0.25, -0.2) is 4.79 Å². The van der Waals surface area contributed by atoms with Crippen molar-refractivity contribution in [3.05, 3.63) is 23.7 Å². The highest BCUT2D eigenvalue weighted by atomic mass is 16.5. The Morgan fingerprint density at radius 2 is 2.38 bits per heavy atom. The molecule has 2 amide bonds. The van der Waals surface area contributed by atoms with Gasteiger partial charge in [-0.2, -0.15) is 0 Å². The number of morpholine rings is 1. The van der Waals surface area contributed by atoms with Crippen LogP contribution in [0.5, 0.6) is 0 Å². The lowest BCUT2D eigenvalue weighted by Gasteiger charge is -2.35. The fourth-order valence-electron chi connectivity index (χ4n) is 3.05. The lowest BCUT2D eigenvalue weighted by atomic mass is 10.2. The quantitative estimate of drug-likeness (QED) is 0.877. The van der Waals surface area contributed by atoms with Crippen molar-refractivity contribution in [2.75, 3.05) is 26.2 Å². The molecule has 1 aromatic rings. The van der Waals surface area contributed by atoms with Gasteiger partial charge >= 0.3 is 6.03 Å². The minimum absolute atomic E-state index is 0.0979. The second-order valence-corrected chi connectivity index (χ2v) is 5.81. The van der Waals surface area contributed by atoms with Gasteiger partial charge in [-0.3, -0.25) is 4.90 Å². The predicted molar refractivity (Wildman–Crippen MR) is 78.0 cm³/mol. The Balaban J connectivity index is 1.37. The van der Waals surface area contributed by atoms with Gasteiger partial charge in [0.05, 0.1) is 19.0 Å². The number of urea groups is 1. The standard InChI is InChI=1S/C15H23N3O3/c1-11-12(4-6-20-11)7-16-15(19)17-8-14-9-18-5-2-3-13(18)10-21-14/h4,6,13-14H,2-3,5,7-10H2,1H3,(H2,16,17,19)/t13-,14-/m0/s1. The topological polar surface area (TPSA) is 66.7 Å². The predicted octanol–water partition coefficient (Wildman–Crippen LogP) is 1.25. The van der Waals surface area contributed by atoms with Gasteiger partial charge in [0.15, 0.2) is 0 Å². The molecule has 0 unspecified atom stereocenters. The lowest BCUT2D eigenvalue weighted by Crippen LogP contribution is -2.51. The number of nitrogens with one attached hydrogen (secondary N) is 2. The van der Waals surface area contributed by atoms with Crippen molar-refractivity contribution in [2.45, 2.75) is 38.5 Å². The molecule has 0 aliphatic carbocycles. The van der Waals surface area contributed by atoms with E-state index in [0.717, 1.165) is 31.0 Å². The van der Waals surface area contributed by atoms with Crippen molar-refractivity contribution in [2.24, 2.45) is 0 Å². The van der Waals surface area contributed by atoms with Crippen molar-refractivity contribution in [3.63, 3.8) is 0 Å². The fraction of sp³-hybridized carbons (Fsp3) is 0.667. The van der Waals surface area contributed by atoms with Crippen LogP contribution in [-0.4, -0.2) is 49.3 Å². The summed E-state index contributed by atoms with van der Waals surface area (Å²) >= 11 is 0. The van der Waals surface area contributed by atoms with Gasteiger partial charge in [-0.1, -0.05) is 0 Å². The minimum atomic E-state index is -0.164. The molecule has 1 aromatic heterocycles. The molecule has 6 nitrogen and oxygen atoms in total. The van der Waals surface area contributed by atoms with Crippen LogP contribution in [0, 0.1) is 6.92 Å². The zero-order valence-corrected chi connectivity index (χ0v) is 12.4. The highest BCUT2D eigenvalue weighted by molar-refractivity contribution is 5.73. The average Bonchev–Trinajstić information content (AvgIpc) is 3.11. The van der Waals surface area contributed by atoms with Crippen molar-refractivity contribution < 1.29 is 13.9 Å². The number of amides is 2. The molecule has 116 valence electrons. The van der Waals surface area contributed by atoms with Crippen LogP contribution in [0.3, 0.4) is 0 Å². The molecule has 2 atom stereocenters. The summed E-state index contributed by atoms with van der Waals surface area (Å²) in [5, 5.41) is 5.71. The Morgan fingerprint density at radius 1 is 1.48 bits per heavy atom. The summed E-state index contributed by atoms with van der Waals surface area (Å²) in [7, 11) is 0. The van der Waals surface area contributed by atoms with E-state index in [1.807, 2.05) is 13.0 Å². The number of hydrogen-bond acceptors (Lipinski definition) is 4. The van der Waals surface area contributed by atoms with Gasteiger partial charge in [0.2, 0.25) is 0 Å². The molecule has 0 saturated carbocycles. The maximum Gasteiger partial charge on any atom is 0.315 e. The van der Waals surface area contributed by atoms with Crippen LogP contribution in [0.1, 0.15) is 24.2 Å². The summed E-state index contributed by atoms with van der Waals surface area (Å²) in [6.45, 7) is 5.80. The molecular formula is C15H23N3O3. The van der Waals surface area contributed by atoms with Gasteiger partial charge < -0.3 is 19.8 Å². The van der Waals surface area contributed by atoms with Gasteiger partial charge in [-0.15, -0.1) is 0 Å². The molecule has 2 N–H and O–H groups in total. The number of hydrogen-bond donors (Lipinski definition) is 2. The summed E-state index contributed by atoms with van der Waals surface area (Å²) in [6.07, 6.45) is 4.23. The van der Waals surface area contributed by atoms with E-state index >= 15 is 0 Å². The molecule has 2 aliphatic heterocycles. The van der Waals surface area contributed by atoms with Crippen molar-refractivity contribution >= 4 is 6.03 Å². The number of nitrogens with zero attached hydrogens (tertiary/aromatic N) is 1. The van der Waals surface area contributed by atoms with Crippen LogP contribution >= 0.6 is 0 Å². The third-order valence-electron chi connectivity index (χ3n) is 4.36. The number of furan rings is 1. The molecule has 0 aromatic carbocycles. The van der Waals surface area contributed by atoms with Crippen molar-refractivity contribution in [3.8, 4) is 0 Å². The second-order valence-electron chi connectivity index (χ2n) is 5.81. The normalized spacial score (nSPS) is 25.6. The van der Waals surface area contributed by atoms with E-state index in [-0.39, 0.29) is 12.1 Å². The number of aryl methyl sites for hydroxylation is 1. The lowest BCUT2D eigenvalue weighted by molar-refractivity contribution is -0.0457. The van der Waals surface area contributed by atoms with Crippen LogP contribution in [0.15, 0.2) is 16.7 Å². The van der Waals surface area contributed by atoms with E-state index in [1.165, 1.54) is 12.8 Å². The highest BCUT2D eigenvalue weighted by Gasteiger charge is 2.32. The summed E-state index contributed by atoms with van der Waals surface area (Å²) in [5.41, 5.74) is 0.999. The van der Waals surface area contributed by atoms with Crippen LogP contribution in [0.4, 0.5) is 4.79 Å². The van der Waals surface area contributed by atoms with Crippen LogP contribution in [0.2, 0.25) is 0 Å². The van der Waals surface area contributed by atoms with Gasteiger partial charge in [0.25, 0.3) is 0 Å². The zero-order chi connectivity index (χ0) is 14.7. The number of ether oxygens (including phenoxy) is 1.